The summed E-state index contributed by atoms with van der Waals surface area (Å²) in [7, 11) is 1.59. The van der Waals surface area contributed by atoms with Gasteiger partial charge in [-0.3, -0.25) is 0 Å². The van der Waals surface area contributed by atoms with E-state index in [0.29, 0.717) is 30.3 Å². The minimum atomic E-state index is -0.240. The van der Waals surface area contributed by atoms with Crippen LogP contribution in [0, 0.1) is 0 Å². The Balaban J connectivity index is 1.78. The first-order valence-electron chi connectivity index (χ1n) is 7.76. The topological polar surface area (TPSA) is 59.6 Å². The number of nitrogens with one attached hydrogen (secondary N) is 2. The van der Waals surface area contributed by atoms with Gasteiger partial charge in [0, 0.05) is 28.9 Å². The second kappa shape index (κ2) is 9.72. The largest absolute Gasteiger partial charge is 0.493 e. The first-order chi connectivity index (χ1) is 11.7. The fourth-order valence-electron chi connectivity index (χ4n) is 2.05. The summed E-state index contributed by atoms with van der Waals surface area (Å²) in [5.41, 5.74) is 0.660. The Hall–Kier alpha value is -2.34. The maximum atomic E-state index is 11.9. The lowest BCUT2D eigenvalue weighted by molar-refractivity contribution is 0.252. The lowest BCUT2D eigenvalue weighted by Gasteiger charge is -2.12. The van der Waals surface area contributed by atoms with E-state index in [2.05, 4.69) is 22.8 Å². The lowest BCUT2D eigenvalue weighted by Crippen LogP contribution is -2.30. The number of urea groups is 1. The zero-order valence-electron chi connectivity index (χ0n) is 13.9. The molecule has 0 atom stereocenters. The first kappa shape index (κ1) is 18.0. The number of benzene rings is 2. The van der Waals surface area contributed by atoms with Crippen LogP contribution in [-0.4, -0.2) is 32.0 Å². The molecule has 0 aromatic heterocycles. The Morgan fingerprint density at radius 3 is 2.62 bits per heavy atom. The van der Waals surface area contributed by atoms with E-state index in [4.69, 9.17) is 9.47 Å². The number of anilines is 1. The minimum absolute atomic E-state index is 0.240. The van der Waals surface area contributed by atoms with Crippen molar-refractivity contribution in [3.05, 3.63) is 48.5 Å². The van der Waals surface area contributed by atoms with Crippen molar-refractivity contribution in [3.8, 4) is 11.5 Å². The number of rotatable bonds is 8. The van der Waals surface area contributed by atoms with E-state index in [-0.39, 0.29) is 6.03 Å². The average Bonchev–Trinajstić information content (AvgIpc) is 2.60. The van der Waals surface area contributed by atoms with E-state index < -0.39 is 0 Å². The number of amides is 2. The van der Waals surface area contributed by atoms with Crippen LogP contribution in [-0.2, 0) is 0 Å². The number of hydrogen-bond donors (Lipinski definition) is 2. The highest BCUT2D eigenvalue weighted by Crippen LogP contribution is 2.30. The van der Waals surface area contributed by atoms with E-state index in [1.807, 2.05) is 25.1 Å². The first-order valence-corrected chi connectivity index (χ1v) is 8.75. The second-order valence-corrected chi connectivity index (χ2v) is 6.01. The van der Waals surface area contributed by atoms with Crippen molar-refractivity contribution in [3.63, 3.8) is 0 Å². The summed E-state index contributed by atoms with van der Waals surface area (Å²) in [5.74, 6) is 2.06. The van der Waals surface area contributed by atoms with Gasteiger partial charge in [-0.15, -0.1) is 11.8 Å². The van der Waals surface area contributed by atoms with E-state index in [1.54, 1.807) is 37.1 Å². The number of carbonyl (C=O) groups excluding carboxylic acids is 1. The molecule has 2 aromatic rings. The van der Waals surface area contributed by atoms with E-state index >= 15 is 0 Å². The van der Waals surface area contributed by atoms with Crippen LogP contribution in [0.2, 0.25) is 0 Å². The summed E-state index contributed by atoms with van der Waals surface area (Å²) in [6.45, 7) is 3.01. The summed E-state index contributed by atoms with van der Waals surface area (Å²) in [6, 6.07) is 15.2. The lowest BCUT2D eigenvalue weighted by atomic mass is 10.2. The zero-order chi connectivity index (χ0) is 17.2. The van der Waals surface area contributed by atoms with E-state index in [0.717, 1.165) is 5.75 Å². The molecule has 2 rings (SSSR count). The highest BCUT2D eigenvalue weighted by molar-refractivity contribution is 7.99. The number of ether oxygens (including phenoxy) is 2. The van der Waals surface area contributed by atoms with E-state index in [9.17, 15) is 4.79 Å². The summed E-state index contributed by atoms with van der Waals surface area (Å²) >= 11 is 1.70. The molecular formula is C18H22N2O3S. The summed E-state index contributed by atoms with van der Waals surface area (Å²) < 4.78 is 10.7. The van der Waals surface area contributed by atoms with Crippen molar-refractivity contribution in [2.45, 2.75) is 11.8 Å². The smallest absolute Gasteiger partial charge is 0.319 e. The molecule has 24 heavy (non-hydrogen) atoms. The van der Waals surface area contributed by atoms with Gasteiger partial charge in [-0.25, -0.2) is 4.79 Å². The van der Waals surface area contributed by atoms with Gasteiger partial charge >= 0.3 is 6.03 Å². The summed E-state index contributed by atoms with van der Waals surface area (Å²) in [4.78, 5) is 13.1. The van der Waals surface area contributed by atoms with Gasteiger partial charge < -0.3 is 20.1 Å². The Bertz CT molecular complexity index is 650. The highest BCUT2D eigenvalue weighted by atomic mass is 32.2. The van der Waals surface area contributed by atoms with Crippen molar-refractivity contribution in [2.75, 3.05) is 31.3 Å². The third-order valence-corrected chi connectivity index (χ3v) is 4.13. The molecule has 0 heterocycles. The third kappa shape index (κ3) is 5.70. The third-order valence-electron chi connectivity index (χ3n) is 3.12. The second-order valence-electron chi connectivity index (χ2n) is 4.84. The molecule has 0 saturated heterocycles. The summed E-state index contributed by atoms with van der Waals surface area (Å²) in [5, 5.41) is 5.63. The predicted octanol–water partition coefficient (Wildman–Crippen LogP) is 4.01. The maximum absolute atomic E-state index is 11.9. The van der Waals surface area contributed by atoms with Crippen LogP contribution in [0.4, 0.5) is 10.5 Å². The van der Waals surface area contributed by atoms with Crippen LogP contribution in [0.1, 0.15) is 6.92 Å². The molecule has 0 aliphatic carbocycles. The molecule has 0 spiro atoms. The van der Waals surface area contributed by atoms with Crippen LogP contribution in [0.5, 0.6) is 11.5 Å². The monoisotopic (exact) mass is 346 g/mol. The fraction of sp³-hybridized carbons (Fsp3) is 0.278. The Labute approximate surface area is 146 Å². The Kier molecular flexibility index (Phi) is 7.29. The van der Waals surface area contributed by atoms with Crippen molar-refractivity contribution in [1.29, 1.82) is 0 Å². The standard InChI is InChI=1S/C18H22N2O3S/c1-3-23-17-13-14(9-10-16(17)22-2)20-18(21)19-11-12-24-15-7-5-4-6-8-15/h4-10,13H,3,11-12H2,1-2H3,(H2,19,20,21). The fourth-order valence-corrected chi connectivity index (χ4v) is 2.84. The van der Waals surface area contributed by atoms with Gasteiger partial charge in [-0.05, 0) is 31.2 Å². The molecule has 0 bridgehead atoms. The molecule has 0 aliphatic rings. The van der Waals surface area contributed by atoms with Crippen molar-refractivity contribution < 1.29 is 14.3 Å². The molecule has 0 saturated carbocycles. The zero-order valence-corrected chi connectivity index (χ0v) is 14.7. The van der Waals surface area contributed by atoms with Gasteiger partial charge in [0.1, 0.15) is 0 Å². The van der Waals surface area contributed by atoms with Crippen LogP contribution in [0.3, 0.4) is 0 Å². The number of thioether (sulfide) groups is 1. The molecule has 6 heteroatoms. The molecule has 0 fully saturated rings. The van der Waals surface area contributed by atoms with Crippen LogP contribution >= 0.6 is 11.8 Å². The normalized spacial score (nSPS) is 10.1. The molecule has 0 unspecified atom stereocenters. The van der Waals surface area contributed by atoms with Crippen molar-refractivity contribution in [1.82, 2.24) is 5.32 Å². The van der Waals surface area contributed by atoms with Gasteiger partial charge in [0.2, 0.25) is 0 Å². The quantitative estimate of drug-likeness (QED) is 0.560. The molecule has 128 valence electrons. The number of methoxy groups -OCH3 is 1. The van der Waals surface area contributed by atoms with Gasteiger partial charge in [0.25, 0.3) is 0 Å². The minimum Gasteiger partial charge on any atom is -0.493 e. The number of carbonyl (C=O) groups is 1. The highest BCUT2D eigenvalue weighted by Gasteiger charge is 2.07. The van der Waals surface area contributed by atoms with Crippen LogP contribution < -0.4 is 20.1 Å². The molecule has 2 N–H and O–H groups in total. The van der Waals surface area contributed by atoms with Crippen molar-refractivity contribution >= 4 is 23.5 Å². The Morgan fingerprint density at radius 2 is 1.92 bits per heavy atom. The van der Waals surface area contributed by atoms with Gasteiger partial charge in [0.15, 0.2) is 11.5 Å². The predicted molar refractivity (Wildman–Crippen MR) is 98.4 cm³/mol. The SMILES string of the molecule is CCOc1cc(NC(=O)NCCSc2ccccc2)ccc1OC. The molecule has 0 aliphatic heterocycles. The average molecular weight is 346 g/mol. The maximum Gasteiger partial charge on any atom is 0.319 e. The molecule has 0 radical (unpaired) electrons. The van der Waals surface area contributed by atoms with Crippen molar-refractivity contribution in [2.24, 2.45) is 0 Å². The van der Waals surface area contributed by atoms with Crippen LogP contribution in [0.25, 0.3) is 0 Å². The summed E-state index contributed by atoms with van der Waals surface area (Å²) in [6.07, 6.45) is 0. The molecule has 2 amide bonds. The van der Waals surface area contributed by atoms with E-state index in [1.165, 1.54) is 4.90 Å². The molecular weight excluding hydrogens is 324 g/mol. The molecule has 5 nitrogen and oxygen atoms in total. The van der Waals surface area contributed by atoms with Crippen LogP contribution in [0.15, 0.2) is 53.4 Å². The van der Waals surface area contributed by atoms with Gasteiger partial charge in [-0.1, -0.05) is 18.2 Å². The Morgan fingerprint density at radius 1 is 1.12 bits per heavy atom. The van der Waals surface area contributed by atoms with Gasteiger partial charge in [0.05, 0.1) is 13.7 Å². The molecule has 2 aromatic carbocycles. The van der Waals surface area contributed by atoms with Gasteiger partial charge in [-0.2, -0.15) is 0 Å². The number of hydrogen-bond acceptors (Lipinski definition) is 4.